The van der Waals surface area contributed by atoms with Gasteiger partial charge in [-0.05, 0) is 42.2 Å². The van der Waals surface area contributed by atoms with Crippen LogP contribution < -0.4 is 10.6 Å². The lowest BCUT2D eigenvalue weighted by Gasteiger charge is -2.24. The third kappa shape index (κ3) is 2.78. The summed E-state index contributed by atoms with van der Waals surface area (Å²) in [6.45, 7) is 1.83. The molecule has 1 aliphatic rings. The van der Waals surface area contributed by atoms with Gasteiger partial charge in [0.05, 0.1) is 11.6 Å². The van der Waals surface area contributed by atoms with Gasteiger partial charge in [-0.2, -0.15) is 4.37 Å². The molecule has 108 valence electrons. The first-order valence-corrected chi connectivity index (χ1v) is 7.14. The first kappa shape index (κ1) is 13.7. The molecule has 1 aromatic heterocycles. The van der Waals surface area contributed by atoms with E-state index in [1.807, 2.05) is 6.92 Å². The maximum atomic E-state index is 13.2. The number of hydrogen-bond acceptors (Lipinski definition) is 4. The van der Waals surface area contributed by atoms with Crippen LogP contribution in [0.3, 0.4) is 0 Å². The van der Waals surface area contributed by atoms with E-state index in [1.165, 1.54) is 29.7 Å². The van der Waals surface area contributed by atoms with Gasteiger partial charge in [-0.25, -0.2) is 4.39 Å². The first-order chi connectivity index (χ1) is 10.0. The Labute approximate surface area is 124 Å². The van der Waals surface area contributed by atoms with Gasteiger partial charge in [0.1, 0.15) is 10.8 Å². The Kier molecular flexibility index (Phi) is 3.42. The molecule has 2 amide bonds. The maximum Gasteiger partial charge on any atom is 0.233 e. The summed E-state index contributed by atoms with van der Waals surface area (Å²) < 4.78 is 17.3. The van der Waals surface area contributed by atoms with Crippen molar-refractivity contribution in [1.29, 1.82) is 0 Å². The van der Waals surface area contributed by atoms with Gasteiger partial charge in [-0.1, -0.05) is 6.07 Å². The number of anilines is 2. The molecule has 1 atom stereocenters. The number of halogens is 1. The van der Waals surface area contributed by atoms with Gasteiger partial charge in [0.15, 0.2) is 0 Å². The number of rotatable bonds is 2. The number of carbonyl (C=O) groups is 2. The second-order valence-corrected chi connectivity index (χ2v) is 5.66. The topological polar surface area (TPSA) is 71.1 Å². The number of nitrogens with one attached hydrogen (secondary N) is 2. The van der Waals surface area contributed by atoms with Crippen LogP contribution in [0.4, 0.5) is 15.1 Å². The molecule has 5 nitrogen and oxygen atoms in total. The molecular formula is C14H12FN3O2S. The van der Waals surface area contributed by atoms with E-state index >= 15 is 0 Å². The SMILES string of the molecule is Cc1cc(NC(=O)[C@@H]2CC(=O)Nc3cc(F)ccc32)sn1. The second kappa shape index (κ2) is 5.25. The minimum atomic E-state index is -0.628. The summed E-state index contributed by atoms with van der Waals surface area (Å²) in [5, 5.41) is 5.97. The van der Waals surface area contributed by atoms with E-state index in [0.29, 0.717) is 16.3 Å². The Morgan fingerprint density at radius 2 is 2.29 bits per heavy atom. The van der Waals surface area contributed by atoms with Crippen LogP contribution in [0, 0.1) is 12.7 Å². The summed E-state index contributed by atoms with van der Waals surface area (Å²) in [7, 11) is 0. The highest BCUT2D eigenvalue weighted by molar-refractivity contribution is 7.10. The van der Waals surface area contributed by atoms with E-state index in [4.69, 9.17) is 0 Å². The predicted molar refractivity (Wildman–Crippen MR) is 77.9 cm³/mol. The van der Waals surface area contributed by atoms with Crippen molar-refractivity contribution < 1.29 is 14.0 Å². The number of fused-ring (bicyclic) bond motifs is 1. The van der Waals surface area contributed by atoms with Crippen molar-refractivity contribution in [2.75, 3.05) is 10.6 Å². The number of benzene rings is 1. The average Bonchev–Trinajstić information content (AvgIpc) is 2.82. The summed E-state index contributed by atoms with van der Waals surface area (Å²) in [4.78, 5) is 24.0. The van der Waals surface area contributed by atoms with Crippen LogP contribution in [0.2, 0.25) is 0 Å². The molecule has 2 aromatic rings. The van der Waals surface area contributed by atoms with Crippen molar-refractivity contribution in [1.82, 2.24) is 4.37 Å². The first-order valence-electron chi connectivity index (χ1n) is 6.36. The zero-order chi connectivity index (χ0) is 15.0. The lowest BCUT2D eigenvalue weighted by atomic mass is 9.90. The van der Waals surface area contributed by atoms with E-state index in [1.54, 1.807) is 6.07 Å². The molecule has 0 saturated carbocycles. The van der Waals surface area contributed by atoms with Gasteiger partial charge in [-0.15, -0.1) is 0 Å². The molecule has 0 unspecified atom stereocenters. The molecule has 3 rings (SSSR count). The van der Waals surface area contributed by atoms with Crippen LogP contribution in [0.5, 0.6) is 0 Å². The molecule has 0 aliphatic carbocycles. The molecule has 2 heterocycles. The zero-order valence-electron chi connectivity index (χ0n) is 11.1. The summed E-state index contributed by atoms with van der Waals surface area (Å²) in [6, 6.07) is 5.81. The number of hydrogen-bond donors (Lipinski definition) is 2. The molecular weight excluding hydrogens is 293 g/mol. The summed E-state index contributed by atoms with van der Waals surface area (Å²) in [5.41, 5.74) is 1.79. The maximum absolute atomic E-state index is 13.2. The van der Waals surface area contributed by atoms with Crippen LogP contribution in [-0.2, 0) is 9.59 Å². The van der Waals surface area contributed by atoms with Crippen molar-refractivity contribution in [2.45, 2.75) is 19.3 Å². The zero-order valence-corrected chi connectivity index (χ0v) is 12.0. The minimum absolute atomic E-state index is 0.0439. The highest BCUT2D eigenvalue weighted by Gasteiger charge is 2.31. The second-order valence-electron chi connectivity index (χ2n) is 4.86. The third-order valence-corrected chi connectivity index (χ3v) is 4.04. The van der Waals surface area contributed by atoms with Crippen LogP contribution in [0.25, 0.3) is 0 Å². The van der Waals surface area contributed by atoms with E-state index < -0.39 is 11.7 Å². The van der Waals surface area contributed by atoms with Gasteiger partial charge >= 0.3 is 0 Å². The third-order valence-electron chi connectivity index (χ3n) is 3.25. The largest absolute Gasteiger partial charge is 0.326 e. The molecule has 1 aromatic carbocycles. The molecule has 0 spiro atoms. The normalized spacial score (nSPS) is 17.0. The molecule has 0 radical (unpaired) electrons. The lowest BCUT2D eigenvalue weighted by molar-refractivity contribution is -0.123. The van der Waals surface area contributed by atoms with Crippen molar-refractivity contribution >= 4 is 34.0 Å². The van der Waals surface area contributed by atoms with E-state index in [0.717, 1.165) is 5.69 Å². The number of carbonyl (C=O) groups excluding carboxylic acids is 2. The Hall–Kier alpha value is -2.28. The highest BCUT2D eigenvalue weighted by atomic mass is 32.1. The summed E-state index contributed by atoms with van der Waals surface area (Å²) >= 11 is 1.18. The summed E-state index contributed by atoms with van der Waals surface area (Å²) in [6.07, 6.45) is 0.0439. The number of aromatic nitrogens is 1. The summed E-state index contributed by atoms with van der Waals surface area (Å²) in [5.74, 6) is -1.67. The fraction of sp³-hybridized carbons (Fsp3) is 0.214. The molecule has 7 heteroatoms. The lowest BCUT2D eigenvalue weighted by Crippen LogP contribution is -2.30. The molecule has 1 aliphatic heterocycles. The number of aryl methyl sites for hydroxylation is 1. The van der Waals surface area contributed by atoms with E-state index in [-0.39, 0.29) is 18.2 Å². The van der Waals surface area contributed by atoms with E-state index in [9.17, 15) is 14.0 Å². The predicted octanol–water partition coefficient (Wildman–Crippen LogP) is 2.66. The highest BCUT2D eigenvalue weighted by Crippen LogP contribution is 2.33. The minimum Gasteiger partial charge on any atom is -0.326 e. The monoisotopic (exact) mass is 305 g/mol. The number of nitrogens with zero attached hydrogens (tertiary/aromatic N) is 1. The Balaban J connectivity index is 1.88. The molecule has 0 saturated heterocycles. The van der Waals surface area contributed by atoms with Crippen LogP contribution in [-0.4, -0.2) is 16.2 Å². The number of amides is 2. The van der Waals surface area contributed by atoms with Crippen LogP contribution >= 0.6 is 11.5 Å². The Bertz CT molecular complexity index is 729. The van der Waals surface area contributed by atoms with Gasteiger partial charge < -0.3 is 10.6 Å². The molecule has 0 bridgehead atoms. The van der Waals surface area contributed by atoms with Gasteiger partial charge in [0, 0.05) is 12.1 Å². The Morgan fingerprint density at radius 3 is 3.00 bits per heavy atom. The fourth-order valence-electron chi connectivity index (χ4n) is 2.30. The van der Waals surface area contributed by atoms with Crippen LogP contribution in [0.15, 0.2) is 24.3 Å². The molecule has 21 heavy (non-hydrogen) atoms. The quantitative estimate of drug-likeness (QED) is 0.896. The molecule has 2 N–H and O–H groups in total. The van der Waals surface area contributed by atoms with Gasteiger partial charge in [0.2, 0.25) is 11.8 Å². The van der Waals surface area contributed by atoms with Crippen LogP contribution in [0.1, 0.15) is 23.6 Å². The van der Waals surface area contributed by atoms with Gasteiger partial charge in [0.25, 0.3) is 0 Å². The van der Waals surface area contributed by atoms with Crippen molar-refractivity contribution in [3.63, 3.8) is 0 Å². The Morgan fingerprint density at radius 1 is 1.48 bits per heavy atom. The standard InChI is InChI=1S/C14H12FN3O2S/c1-7-4-13(21-18-7)17-14(20)10-6-12(19)16-11-5-8(15)2-3-9(10)11/h2-5,10H,6H2,1H3,(H,16,19)(H,17,20)/t10-/m1/s1. The molecule has 0 fully saturated rings. The van der Waals surface area contributed by atoms with Crippen molar-refractivity contribution in [3.8, 4) is 0 Å². The smallest absolute Gasteiger partial charge is 0.233 e. The van der Waals surface area contributed by atoms with Crippen molar-refractivity contribution in [3.05, 3.63) is 41.3 Å². The van der Waals surface area contributed by atoms with Crippen molar-refractivity contribution in [2.24, 2.45) is 0 Å². The van der Waals surface area contributed by atoms with E-state index in [2.05, 4.69) is 15.0 Å². The average molecular weight is 305 g/mol. The van der Waals surface area contributed by atoms with Gasteiger partial charge in [-0.3, -0.25) is 9.59 Å². The fourth-order valence-corrected chi connectivity index (χ4v) is 2.97.